The van der Waals surface area contributed by atoms with Gasteiger partial charge in [0, 0.05) is 68.2 Å². The molecule has 0 atom stereocenters. The van der Waals surface area contributed by atoms with E-state index >= 15 is 0 Å². The molecule has 5 aliphatic rings. The fourth-order valence-corrected chi connectivity index (χ4v) is 15.0. The van der Waals surface area contributed by atoms with E-state index in [1.54, 1.807) is 0 Å². The SMILES string of the molecule is CCC1c2cc(c(O)c(C[NH2+]C3CCCCC3)c2O)C(CC)c2cc(c(O)c(C[NH2+]C3CCCCC3)c2O)C(CC)c2cc(c(O)c(C[NH2+]C3CCCCC3)c2O)C(CC)c2cc1c(O)c(C[NH2+]C1CCCCC1)c2O. The van der Waals surface area contributed by atoms with Crippen molar-refractivity contribution in [2.24, 2.45) is 0 Å². The van der Waals surface area contributed by atoms with E-state index in [0.717, 1.165) is 103 Å². The Bertz CT molecular complexity index is 2160. The molecule has 4 fully saturated rings. The third kappa shape index (κ3) is 11.5. The highest BCUT2D eigenvalue weighted by Gasteiger charge is 2.38. The number of nitrogens with two attached hydrogens (primary N) is 4. The Kier molecular flexibility index (Phi) is 18.6. The molecule has 4 aromatic carbocycles. The number of benzene rings is 4. The van der Waals surface area contributed by atoms with Crippen LogP contribution < -0.4 is 21.3 Å². The number of fused-ring (bicyclic) bond motifs is 8. The fraction of sp³-hybridized carbons (Fsp3) is 0.625. The van der Waals surface area contributed by atoms with Gasteiger partial charge in [-0.2, -0.15) is 0 Å². The van der Waals surface area contributed by atoms with Crippen molar-refractivity contribution in [3.05, 3.63) is 91.0 Å². The molecule has 416 valence electrons. The van der Waals surface area contributed by atoms with Crippen LogP contribution in [0.3, 0.4) is 0 Å². The van der Waals surface area contributed by atoms with Crippen LogP contribution in [0.25, 0.3) is 0 Å². The molecule has 4 saturated carbocycles. The van der Waals surface area contributed by atoms with E-state index < -0.39 is 23.7 Å². The zero-order valence-electron chi connectivity index (χ0n) is 46.6. The van der Waals surface area contributed by atoms with Crippen LogP contribution in [0.4, 0.5) is 0 Å². The number of rotatable bonds is 16. The van der Waals surface area contributed by atoms with Gasteiger partial charge >= 0.3 is 0 Å². The molecule has 76 heavy (non-hydrogen) atoms. The third-order valence-electron chi connectivity index (χ3n) is 19.6. The van der Waals surface area contributed by atoms with E-state index in [1.807, 2.05) is 52.0 Å². The highest BCUT2D eigenvalue weighted by Crippen LogP contribution is 2.55. The predicted molar refractivity (Wildman–Crippen MR) is 298 cm³/mol. The zero-order valence-corrected chi connectivity index (χ0v) is 46.6. The lowest BCUT2D eigenvalue weighted by molar-refractivity contribution is -0.707. The minimum atomic E-state index is -0.595. The van der Waals surface area contributed by atoms with E-state index in [-0.39, 0.29) is 46.0 Å². The van der Waals surface area contributed by atoms with E-state index in [9.17, 15) is 40.9 Å². The molecule has 5 aliphatic carbocycles. The van der Waals surface area contributed by atoms with Gasteiger partial charge in [-0.1, -0.05) is 53.4 Å². The molecule has 4 aromatic rings. The molecule has 8 bridgehead atoms. The Labute approximate surface area is 453 Å². The summed E-state index contributed by atoms with van der Waals surface area (Å²) in [6.07, 6.45) is 24.3. The predicted octanol–water partition coefficient (Wildman–Crippen LogP) is 9.40. The smallest absolute Gasteiger partial charge is 0.132 e. The lowest BCUT2D eigenvalue weighted by Crippen LogP contribution is -2.88. The molecule has 12 heteroatoms. The first-order chi connectivity index (χ1) is 36.9. The molecule has 0 unspecified atom stereocenters. The van der Waals surface area contributed by atoms with Crippen molar-refractivity contribution in [1.29, 1.82) is 0 Å². The van der Waals surface area contributed by atoms with Gasteiger partial charge in [-0.25, -0.2) is 0 Å². The van der Waals surface area contributed by atoms with Gasteiger partial charge < -0.3 is 62.1 Å². The van der Waals surface area contributed by atoms with Crippen molar-refractivity contribution in [3.8, 4) is 46.0 Å². The van der Waals surface area contributed by atoms with Crippen molar-refractivity contribution in [1.82, 2.24) is 0 Å². The molecule has 0 aliphatic heterocycles. The minimum Gasteiger partial charge on any atom is -0.507 e. The van der Waals surface area contributed by atoms with Crippen LogP contribution in [0.15, 0.2) is 24.3 Å². The second-order valence-corrected chi connectivity index (χ2v) is 24.1. The number of phenolic OH excluding ortho intramolecular Hbond substituents is 8. The van der Waals surface area contributed by atoms with E-state index in [0.29, 0.717) is 143 Å². The molecule has 0 radical (unpaired) electrons. The lowest BCUT2D eigenvalue weighted by Gasteiger charge is -2.31. The normalized spacial score (nSPS) is 22.3. The Morgan fingerprint density at radius 2 is 0.434 bits per heavy atom. The van der Waals surface area contributed by atoms with Gasteiger partial charge in [-0.15, -0.1) is 0 Å². The van der Waals surface area contributed by atoms with Gasteiger partial charge in [0.05, 0.1) is 46.4 Å². The van der Waals surface area contributed by atoms with Crippen LogP contribution in [0.2, 0.25) is 0 Å². The summed E-state index contributed by atoms with van der Waals surface area (Å²) < 4.78 is 0. The summed E-state index contributed by atoms with van der Waals surface area (Å²) in [6.45, 7) is 9.52. The average molecular weight is 1050 g/mol. The number of quaternary nitrogens is 4. The van der Waals surface area contributed by atoms with Crippen molar-refractivity contribution in [2.75, 3.05) is 0 Å². The summed E-state index contributed by atoms with van der Waals surface area (Å²) >= 11 is 0. The van der Waals surface area contributed by atoms with Gasteiger partial charge in [-0.05, 0) is 153 Å². The molecule has 0 spiro atoms. The van der Waals surface area contributed by atoms with Crippen LogP contribution in [-0.2, 0) is 26.2 Å². The van der Waals surface area contributed by atoms with Gasteiger partial charge in [0.2, 0.25) is 0 Å². The summed E-state index contributed by atoms with van der Waals surface area (Å²) in [5, 5.41) is 112. The first kappa shape index (κ1) is 55.9. The average Bonchev–Trinajstić information content (AvgIpc) is 3.50. The van der Waals surface area contributed by atoms with Crippen molar-refractivity contribution in [2.45, 2.75) is 256 Å². The van der Waals surface area contributed by atoms with Crippen molar-refractivity contribution in [3.63, 3.8) is 0 Å². The zero-order chi connectivity index (χ0) is 53.6. The monoisotopic (exact) mass is 1050 g/mol. The van der Waals surface area contributed by atoms with E-state index in [4.69, 9.17) is 0 Å². The van der Waals surface area contributed by atoms with Crippen LogP contribution in [0.1, 0.15) is 272 Å². The lowest BCUT2D eigenvalue weighted by atomic mass is 9.75. The number of hydrogen-bond acceptors (Lipinski definition) is 8. The molecule has 16 N–H and O–H groups in total. The molecule has 0 aromatic heterocycles. The quantitative estimate of drug-likeness (QED) is 0.0516. The van der Waals surface area contributed by atoms with Crippen LogP contribution in [-0.4, -0.2) is 65.0 Å². The van der Waals surface area contributed by atoms with Crippen molar-refractivity contribution >= 4 is 0 Å². The Hall–Kier alpha value is -4.88. The summed E-state index contributed by atoms with van der Waals surface area (Å²) in [5.74, 6) is -2.52. The molecule has 0 amide bonds. The van der Waals surface area contributed by atoms with Crippen LogP contribution in [0.5, 0.6) is 46.0 Å². The maximum atomic E-state index is 12.8. The summed E-state index contributed by atoms with van der Waals surface area (Å²) in [4.78, 5) is 0. The maximum absolute atomic E-state index is 12.8. The Morgan fingerprint density at radius 3 is 0.579 bits per heavy atom. The highest BCUT2D eigenvalue weighted by atomic mass is 16.3. The highest BCUT2D eigenvalue weighted by molar-refractivity contribution is 5.67. The van der Waals surface area contributed by atoms with Gasteiger partial charge in [0.15, 0.2) is 0 Å². The van der Waals surface area contributed by atoms with E-state index in [1.165, 1.54) is 25.7 Å². The molecular weight excluding hydrogens is 953 g/mol. The third-order valence-corrected chi connectivity index (χ3v) is 19.6. The number of phenols is 8. The molecule has 9 rings (SSSR count). The van der Waals surface area contributed by atoms with Gasteiger partial charge in [0.1, 0.15) is 72.2 Å². The summed E-state index contributed by atoms with van der Waals surface area (Å²) in [6, 6.07) is 8.97. The second kappa shape index (κ2) is 25.3. The Morgan fingerprint density at radius 1 is 0.276 bits per heavy atom. The summed E-state index contributed by atoms with van der Waals surface area (Å²) in [5.41, 5.74) is 6.14. The maximum Gasteiger partial charge on any atom is 0.132 e. The summed E-state index contributed by atoms with van der Waals surface area (Å²) in [7, 11) is 0. The molecule has 0 heterocycles. The molecule has 0 saturated heterocycles. The topological polar surface area (TPSA) is 228 Å². The second-order valence-electron chi connectivity index (χ2n) is 24.1. The number of aromatic hydroxyl groups is 8. The Balaban J connectivity index is 1.33. The molecule has 12 nitrogen and oxygen atoms in total. The van der Waals surface area contributed by atoms with Crippen LogP contribution >= 0.6 is 0 Å². The van der Waals surface area contributed by atoms with Crippen LogP contribution in [0, 0.1) is 0 Å². The number of hydrogen-bond donors (Lipinski definition) is 12. The first-order valence-electron chi connectivity index (χ1n) is 30.5. The molecular formula is C64H96N4O8+4. The van der Waals surface area contributed by atoms with Gasteiger partial charge in [-0.3, -0.25) is 0 Å². The largest absolute Gasteiger partial charge is 0.507 e. The van der Waals surface area contributed by atoms with Gasteiger partial charge in [0.25, 0.3) is 0 Å². The van der Waals surface area contributed by atoms with Crippen molar-refractivity contribution < 1.29 is 62.1 Å². The first-order valence-corrected chi connectivity index (χ1v) is 30.5. The standard InChI is InChI=1S/C64H92N4O8/c1-5-41-45-29-47(59(71)53(57(45)69)33-65-37-21-13-9-14-22-37)42(6-2)49-31-51(63(75)55(61(49)73)35-67-39-25-17-11-18-26-39)44(8-4)52-32-50(62(74)56(64(52)76)36-68-40-27-19-12-20-28-40)43(7-3)48-30-46(41)58(70)54(60(48)72)34-66-38-23-15-10-16-24-38/h29-32,37-44,65-76H,5-28,33-36H2,1-4H3/p+4. The minimum absolute atomic E-state index is 0.0170. The van der Waals surface area contributed by atoms with E-state index in [2.05, 4.69) is 21.3 Å². The fourth-order valence-electron chi connectivity index (χ4n) is 15.0.